The Morgan fingerprint density at radius 1 is 0.967 bits per heavy atom. The number of carbonyl (C=O) groups excluding carboxylic acids is 2. The molecule has 2 N–H and O–H groups in total. The lowest BCUT2D eigenvalue weighted by Crippen LogP contribution is -2.32. The number of nitrogens with zero attached hydrogens (tertiary/aromatic N) is 1. The van der Waals surface area contributed by atoms with Crippen molar-refractivity contribution < 1.29 is 23.8 Å². The van der Waals surface area contributed by atoms with Crippen molar-refractivity contribution in [2.45, 2.75) is 26.2 Å². The van der Waals surface area contributed by atoms with Gasteiger partial charge in [-0.05, 0) is 54.4 Å². The first kappa shape index (κ1) is 22.7. The third-order valence-corrected chi connectivity index (χ3v) is 4.12. The van der Waals surface area contributed by atoms with E-state index in [9.17, 15) is 9.59 Å². The van der Waals surface area contributed by atoms with E-state index in [0.29, 0.717) is 35.1 Å². The van der Waals surface area contributed by atoms with Crippen LogP contribution in [0.5, 0.6) is 17.2 Å². The Kier molecular flexibility index (Phi) is 9.18. The number of unbranched alkanes of at least 4 members (excludes halogenated alkanes) is 2. The minimum atomic E-state index is -0.883. The van der Waals surface area contributed by atoms with Crippen molar-refractivity contribution >= 4 is 23.7 Å². The SMILES string of the molecule is CCCCCOc1ccc(NC(=O)C(=O)N/N=C\c2ccc(OC)c(OC)c2)cc1. The lowest BCUT2D eigenvalue weighted by molar-refractivity contribution is -0.136. The number of anilines is 1. The Bertz CT molecular complexity index is 866. The summed E-state index contributed by atoms with van der Waals surface area (Å²) in [5.41, 5.74) is 3.35. The van der Waals surface area contributed by atoms with Gasteiger partial charge in [0.25, 0.3) is 0 Å². The number of rotatable bonds is 10. The largest absolute Gasteiger partial charge is 0.494 e. The van der Waals surface area contributed by atoms with Crippen LogP contribution in [0.2, 0.25) is 0 Å². The fourth-order valence-corrected chi connectivity index (χ4v) is 2.51. The zero-order valence-electron chi connectivity index (χ0n) is 17.4. The van der Waals surface area contributed by atoms with Crippen LogP contribution >= 0.6 is 0 Å². The van der Waals surface area contributed by atoms with E-state index in [1.165, 1.54) is 13.3 Å². The lowest BCUT2D eigenvalue weighted by Gasteiger charge is -2.08. The second-order valence-corrected chi connectivity index (χ2v) is 6.35. The van der Waals surface area contributed by atoms with E-state index in [-0.39, 0.29) is 0 Å². The predicted molar refractivity (Wildman–Crippen MR) is 115 cm³/mol. The molecule has 8 heteroatoms. The molecule has 0 bridgehead atoms. The van der Waals surface area contributed by atoms with Gasteiger partial charge in [-0.15, -0.1) is 0 Å². The van der Waals surface area contributed by atoms with Crippen LogP contribution in [0.3, 0.4) is 0 Å². The topological polar surface area (TPSA) is 98.2 Å². The van der Waals surface area contributed by atoms with Gasteiger partial charge in [-0.25, -0.2) is 5.43 Å². The number of amides is 2. The Hall–Kier alpha value is -3.55. The Morgan fingerprint density at radius 3 is 2.37 bits per heavy atom. The second-order valence-electron chi connectivity index (χ2n) is 6.35. The smallest absolute Gasteiger partial charge is 0.329 e. The third kappa shape index (κ3) is 7.12. The monoisotopic (exact) mass is 413 g/mol. The molecule has 0 atom stereocenters. The molecule has 2 aromatic rings. The van der Waals surface area contributed by atoms with Gasteiger partial charge in [0.15, 0.2) is 11.5 Å². The van der Waals surface area contributed by atoms with Crippen LogP contribution in [0.25, 0.3) is 0 Å². The third-order valence-electron chi connectivity index (χ3n) is 4.12. The zero-order chi connectivity index (χ0) is 21.8. The maximum atomic E-state index is 12.0. The molecule has 0 aliphatic carbocycles. The van der Waals surface area contributed by atoms with Crippen LogP contribution in [0, 0.1) is 0 Å². The molecule has 0 spiro atoms. The summed E-state index contributed by atoms with van der Waals surface area (Å²) in [6.45, 7) is 2.79. The molecule has 2 rings (SSSR count). The maximum absolute atomic E-state index is 12.0. The molecule has 0 aliphatic rings. The highest BCUT2D eigenvalue weighted by atomic mass is 16.5. The normalized spacial score (nSPS) is 10.5. The maximum Gasteiger partial charge on any atom is 0.329 e. The van der Waals surface area contributed by atoms with Gasteiger partial charge in [-0.3, -0.25) is 9.59 Å². The van der Waals surface area contributed by atoms with E-state index in [4.69, 9.17) is 14.2 Å². The van der Waals surface area contributed by atoms with E-state index < -0.39 is 11.8 Å². The fraction of sp³-hybridized carbons (Fsp3) is 0.318. The van der Waals surface area contributed by atoms with Crippen molar-refractivity contribution in [3.63, 3.8) is 0 Å². The minimum Gasteiger partial charge on any atom is -0.494 e. The van der Waals surface area contributed by atoms with Gasteiger partial charge < -0.3 is 19.5 Å². The molecule has 2 amide bonds. The van der Waals surface area contributed by atoms with Gasteiger partial charge in [0.2, 0.25) is 0 Å². The summed E-state index contributed by atoms with van der Waals surface area (Å²) in [7, 11) is 3.06. The van der Waals surface area contributed by atoms with E-state index in [2.05, 4.69) is 22.8 Å². The summed E-state index contributed by atoms with van der Waals surface area (Å²) >= 11 is 0. The van der Waals surface area contributed by atoms with Gasteiger partial charge in [0, 0.05) is 5.69 Å². The molecule has 0 saturated heterocycles. The molecule has 160 valence electrons. The molecule has 0 fully saturated rings. The van der Waals surface area contributed by atoms with E-state index in [1.807, 2.05) is 0 Å². The molecule has 2 aromatic carbocycles. The molecule has 0 aliphatic heterocycles. The highest BCUT2D eigenvalue weighted by Crippen LogP contribution is 2.26. The lowest BCUT2D eigenvalue weighted by atomic mass is 10.2. The van der Waals surface area contributed by atoms with Crippen molar-refractivity contribution in [2.24, 2.45) is 5.10 Å². The number of nitrogens with one attached hydrogen (secondary N) is 2. The molecular weight excluding hydrogens is 386 g/mol. The molecule has 0 heterocycles. The average Bonchev–Trinajstić information content (AvgIpc) is 2.77. The van der Waals surface area contributed by atoms with E-state index in [1.54, 1.807) is 49.6 Å². The van der Waals surface area contributed by atoms with Crippen molar-refractivity contribution in [2.75, 3.05) is 26.1 Å². The number of hydrogen-bond donors (Lipinski definition) is 2. The van der Waals surface area contributed by atoms with E-state index >= 15 is 0 Å². The highest BCUT2D eigenvalue weighted by molar-refractivity contribution is 6.39. The number of ether oxygens (including phenoxy) is 3. The molecule has 0 radical (unpaired) electrons. The Balaban J connectivity index is 1.83. The molecular formula is C22H27N3O5. The highest BCUT2D eigenvalue weighted by Gasteiger charge is 2.13. The van der Waals surface area contributed by atoms with Crippen molar-refractivity contribution in [3.05, 3.63) is 48.0 Å². The fourth-order valence-electron chi connectivity index (χ4n) is 2.51. The summed E-state index contributed by atoms with van der Waals surface area (Å²) in [6, 6.07) is 12.0. The van der Waals surface area contributed by atoms with Crippen LogP contribution < -0.4 is 25.0 Å². The summed E-state index contributed by atoms with van der Waals surface area (Å²) < 4.78 is 16.0. The van der Waals surface area contributed by atoms with E-state index in [0.717, 1.165) is 19.3 Å². The average molecular weight is 413 g/mol. The van der Waals surface area contributed by atoms with Gasteiger partial charge >= 0.3 is 11.8 Å². The van der Waals surface area contributed by atoms with Crippen molar-refractivity contribution in [1.82, 2.24) is 5.43 Å². The zero-order valence-corrected chi connectivity index (χ0v) is 17.4. The van der Waals surface area contributed by atoms with Crippen LogP contribution in [-0.4, -0.2) is 38.9 Å². The van der Waals surface area contributed by atoms with Crippen molar-refractivity contribution in [1.29, 1.82) is 0 Å². The quantitative estimate of drug-likeness (QED) is 0.269. The molecule has 30 heavy (non-hydrogen) atoms. The molecule has 0 aromatic heterocycles. The number of benzene rings is 2. The summed E-state index contributed by atoms with van der Waals surface area (Å²) in [5, 5.41) is 6.31. The summed E-state index contributed by atoms with van der Waals surface area (Å²) in [4.78, 5) is 23.9. The summed E-state index contributed by atoms with van der Waals surface area (Å²) in [6.07, 6.45) is 4.66. The first-order valence-electron chi connectivity index (χ1n) is 9.66. The summed E-state index contributed by atoms with van der Waals surface area (Å²) in [5.74, 6) is 0.120. The molecule has 0 unspecified atom stereocenters. The number of carbonyl (C=O) groups is 2. The first-order chi connectivity index (χ1) is 14.6. The Labute approximate surface area is 176 Å². The molecule has 0 saturated carbocycles. The van der Waals surface area contributed by atoms with Gasteiger partial charge in [0.05, 0.1) is 27.0 Å². The number of hydrogen-bond acceptors (Lipinski definition) is 6. The first-order valence-corrected chi connectivity index (χ1v) is 9.66. The van der Waals surface area contributed by atoms with Crippen LogP contribution in [0.15, 0.2) is 47.6 Å². The van der Waals surface area contributed by atoms with Gasteiger partial charge in [0.1, 0.15) is 5.75 Å². The van der Waals surface area contributed by atoms with Gasteiger partial charge in [-0.2, -0.15) is 5.10 Å². The van der Waals surface area contributed by atoms with Crippen molar-refractivity contribution in [3.8, 4) is 17.2 Å². The Morgan fingerprint density at radius 2 is 1.70 bits per heavy atom. The standard InChI is InChI=1S/C22H27N3O5/c1-4-5-6-13-30-18-10-8-17(9-11-18)24-21(26)22(27)25-23-15-16-7-12-19(28-2)20(14-16)29-3/h7-12,14-15H,4-6,13H2,1-3H3,(H,24,26)(H,25,27)/b23-15-. The number of methoxy groups -OCH3 is 2. The van der Waals surface area contributed by atoms with Gasteiger partial charge in [-0.1, -0.05) is 19.8 Å². The van der Waals surface area contributed by atoms with Crippen LogP contribution in [-0.2, 0) is 9.59 Å². The predicted octanol–water partition coefficient (Wildman–Crippen LogP) is 3.36. The van der Waals surface area contributed by atoms with Crippen LogP contribution in [0.4, 0.5) is 5.69 Å². The molecule has 8 nitrogen and oxygen atoms in total. The second kappa shape index (κ2) is 12.1. The van der Waals surface area contributed by atoms with Crippen LogP contribution in [0.1, 0.15) is 31.7 Å². The minimum absolute atomic E-state index is 0.486. The number of hydrazone groups is 1.